The number of para-hydroxylation sites is 1. The Morgan fingerprint density at radius 3 is 2.09 bits per heavy atom. The van der Waals surface area contributed by atoms with E-state index < -0.39 is 0 Å². The lowest BCUT2D eigenvalue weighted by Crippen LogP contribution is -2.33. The maximum atomic E-state index is 13.5. The van der Waals surface area contributed by atoms with E-state index in [2.05, 4.69) is 22.3 Å². The molecule has 33 heavy (non-hydrogen) atoms. The van der Waals surface area contributed by atoms with Crippen molar-refractivity contribution in [1.82, 2.24) is 0 Å². The van der Waals surface area contributed by atoms with Crippen LogP contribution in [0.2, 0.25) is 0 Å². The monoisotopic (exact) mass is 437 g/mol. The molecule has 0 unspecified atom stereocenters. The second-order valence-electron chi connectivity index (χ2n) is 8.57. The molecule has 5 heteroatoms. The summed E-state index contributed by atoms with van der Waals surface area (Å²) in [5, 5.41) is 3.27. The van der Waals surface area contributed by atoms with Crippen molar-refractivity contribution in [3.8, 4) is 0 Å². The topological polar surface area (TPSA) is 52.7 Å². The van der Waals surface area contributed by atoms with E-state index in [1.54, 1.807) is 0 Å². The minimum absolute atomic E-state index is 0.306. The summed E-state index contributed by atoms with van der Waals surface area (Å²) < 4.78 is 0. The van der Waals surface area contributed by atoms with Crippen molar-refractivity contribution >= 4 is 34.4 Å². The van der Waals surface area contributed by atoms with Gasteiger partial charge in [0.1, 0.15) is 5.70 Å². The number of imide groups is 1. The minimum Gasteiger partial charge on any atom is -0.372 e. The van der Waals surface area contributed by atoms with Crippen molar-refractivity contribution in [2.24, 2.45) is 0 Å². The number of hydrogen-bond acceptors (Lipinski definition) is 4. The molecule has 2 amide bonds. The van der Waals surface area contributed by atoms with Crippen LogP contribution < -0.4 is 15.1 Å². The smallest absolute Gasteiger partial charge is 0.282 e. The first kappa shape index (κ1) is 21.0. The molecule has 5 rings (SSSR count). The van der Waals surface area contributed by atoms with Gasteiger partial charge in [0.2, 0.25) is 0 Å². The van der Waals surface area contributed by atoms with E-state index in [0.717, 1.165) is 29.9 Å². The van der Waals surface area contributed by atoms with Gasteiger partial charge < -0.3 is 10.2 Å². The molecule has 1 fully saturated rings. The molecule has 1 saturated heterocycles. The highest BCUT2D eigenvalue weighted by Crippen LogP contribution is 2.35. The number of carbonyl (C=O) groups excluding carboxylic acids is 2. The number of benzene rings is 3. The second-order valence-corrected chi connectivity index (χ2v) is 8.57. The molecule has 3 aromatic rings. The molecule has 2 aliphatic heterocycles. The fourth-order valence-corrected chi connectivity index (χ4v) is 4.60. The van der Waals surface area contributed by atoms with Gasteiger partial charge in [-0.3, -0.25) is 9.59 Å². The summed E-state index contributed by atoms with van der Waals surface area (Å²) in [5.41, 5.74) is 4.88. The second kappa shape index (κ2) is 8.94. The molecule has 1 N–H and O–H groups in total. The summed E-state index contributed by atoms with van der Waals surface area (Å²) in [4.78, 5) is 30.8. The van der Waals surface area contributed by atoms with E-state index in [1.807, 2.05) is 73.7 Å². The van der Waals surface area contributed by atoms with Gasteiger partial charge in [-0.2, -0.15) is 0 Å². The highest BCUT2D eigenvalue weighted by Gasteiger charge is 2.40. The Labute approximate surface area is 194 Å². The summed E-state index contributed by atoms with van der Waals surface area (Å²) in [5.74, 6) is -0.652. The number of nitrogens with one attached hydrogen (secondary N) is 1. The largest absolute Gasteiger partial charge is 0.372 e. The SMILES string of the molecule is Cc1ccccc1N1C(=O)C(Nc2ccc(N3CCCCC3)cc2)=C(c2ccccc2)C1=O. The summed E-state index contributed by atoms with van der Waals surface area (Å²) in [6.07, 6.45) is 3.73. The lowest BCUT2D eigenvalue weighted by molar-refractivity contribution is -0.120. The first-order valence-electron chi connectivity index (χ1n) is 11.5. The molecule has 166 valence electrons. The van der Waals surface area contributed by atoms with Crippen LogP contribution in [0.3, 0.4) is 0 Å². The molecule has 0 spiro atoms. The van der Waals surface area contributed by atoms with Crippen LogP contribution in [0.25, 0.3) is 5.57 Å². The molecule has 0 bridgehead atoms. The Balaban J connectivity index is 1.50. The molecule has 0 saturated carbocycles. The highest BCUT2D eigenvalue weighted by molar-refractivity contribution is 6.46. The fraction of sp³-hybridized carbons (Fsp3) is 0.214. The molecule has 3 aromatic carbocycles. The minimum atomic E-state index is -0.340. The van der Waals surface area contributed by atoms with Gasteiger partial charge in [0, 0.05) is 24.5 Å². The Morgan fingerprint density at radius 1 is 0.727 bits per heavy atom. The average molecular weight is 438 g/mol. The highest BCUT2D eigenvalue weighted by atomic mass is 16.2. The summed E-state index contributed by atoms with van der Waals surface area (Å²) in [7, 11) is 0. The number of amides is 2. The number of hydrogen-bond donors (Lipinski definition) is 1. The number of anilines is 3. The zero-order valence-corrected chi connectivity index (χ0v) is 18.8. The first-order valence-corrected chi connectivity index (χ1v) is 11.5. The molecule has 0 aromatic heterocycles. The average Bonchev–Trinajstić information content (AvgIpc) is 3.10. The van der Waals surface area contributed by atoms with Crippen LogP contribution in [0.15, 0.2) is 84.6 Å². The Bertz CT molecular complexity index is 1210. The van der Waals surface area contributed by atoms with Crippen molar-refractivity contribution in [2.75, 3.05) is 28.2 Å². The summed E-state index contributed by atoms with van der Waals surface area (Å²) in [6, 6.07) is 25.0. The Morgan fingerprint density at radius 2 is 1.39 bits per heavy atom. The third kappa shape index (κ3) is 4.02. The fourth-order valence-electron chi connectivity index (χ4n) is 4.60. The van der Waals surface area contributed by atoms with Gasteiger partial charge in [0.15, 0.2) is 0 Å². The number of carbonyl (C=O) groups is 2. The Kier molecular flexibility index (Phi) is 5.69. The van der Waals surface area contributed by atoms with Gasteiger partial charge in [-0.05, 0) is 67.6 Å². The van der Waals surface area contributed by atoms with Gasteiger partial charge in [-0.1, -0.05) is 48.5 Å². The van der Waals surface area contributed by atoms with E-state index in [1.165, 1.54) is 29.8 Å². The van der Waals surface area contributed by atoms with E-state index in [-0.39, 0.29) is 11.8 Å². The molecule has 2 heterocycles. The van der Waals surface area contributed by atoms with E-state index in [0.29, 0.717) is 17.0 Å². The lowest BCUT2D eigenvalue weighted by atomic mass is 10.0. The van der Waals surface area contributed by atoms with Crippen LogP contribution in [0.5, 0.6) is 0 Å². The van der Waals surface area contributed by atoms with Gasteiger partial charge in [-0.25, -0.2) is 4.90 Å². The van der Waals surface area contributed by atoms with E-state index in [9.17, 15) is 9.59 Å². The number of piperidine rings is 1. The molecule has 0 radical (unpaired) electrons. The molecular formula is C28H27N3O2. The quantitative estimate of drug-likeness (QED) is 0.545. The van der Waals surface area contributed by atoms with Crippen LogP contribution >= 0.6 is 0 Å². The van der Waals surface area contributed by atoms with Crippen LogP contribution in [0.1, 0.15) is 30.4 Å². The molecular weight excluding hydrogens is 410 g/mol. The zero-order chi connectivity index (χ0) is 22.8. The lowest BCUT2D eigenvalue weighted by Gasteiger charge is -2.28. The van der Waals surface area contributed by atoms with Gasteiger partial charge in [0.05, 0.1) is 11.3 Å². The van der Waals surface area contributed by atoms with E-state index >= 15 is 0 Å². The summed E-state index contributed by atoms with van der Waals surface area (Å²) >= 11 is 0. The standard InChI is InChI=1S/C28H27N3O2/c1-20-10-6-7-13-24(20)31-27(32)25(21-11-4-2-5-12-21)26(28(31)33)29-22-14-16-23(17-15-22)30-18-8-3-9-19-30/h2,4-7,10-17,29H,3,8-9,18-19H2,1H3. The molecule has 0 aliphatic carbocycles. The molecule has 5 nitrogen and oxygen atoms in total. The van der Waals surface area contributed by atoms with Crippen LogP contribution in [-0.4, -0.2) is 24.9 Å². The van der Waals surface area contributed by atoms with Gasteiger partial charge in [0.25, 0.3) is 11.8 Å². The predicted molar refractivity (Wildman–Crippen MR) is 133 cm³/mol. The van der Waals surface area contributed by atoms with Gasteiger partial charge in [-0.15, -0.1) is 0 Å². The van der Waals surface area contributed by atoms with Crippen molar-refractivity contribution in [3.63, 3.8) is 0 Å². The number of aryl methyl sites for hydroxylation is 1. The van der Waals surface area contributed by atoms with Crippen LogP contribution in [0.4, 0.5) is 17.1 Å². The maximum absolute atomic E-state index is 13.5. The normalized spacial score (nSPS) is 16.5. The summed E-state index contributed by atoms with van der Waals surface area (Å²) in [6.45, 7) is 4.06. The van der Waals surface area contributed by atoms with Crippen LogP contribution in [0, 0.1) is 6.92 Å². The molecule has 0 atom stereocenters. The third-order valence-corrected chi connectivity index (χ3v) is 6.36. The predicted octanol–water partition coefficient (Wildman–Crippen LogP) is 5.38. The maximum Gasteiger partial charge on any atom is 0.282 e. The number of nitrogens with zero attached hydrogens (tertiary/aromatic N) is 2. The van der Waals surface area contributed by atoms with Crippen LogP contribution in [-0.2, 0) is 9.59 Å². The van der Waals surface area contributed by atoms with Crippen molar-refractivity contribution in [1.29, 1.82) is 0 Å². The van der Waals surface area contributed by atoms with E-state index in [4.69, 9.17) is 0 Å². The third-order valence-electron chi connectivity index (χ3n) is 6.36. The first-order chi connectivity index (χ1) is 16.1. The number of rotatable bonds is 5. The molecule has 2 aliphatic rings. The van der Waals surface area contributed by atoms with Crippen molar-refractivity contribution in [3.05, 3.63) is 95.7 Å². The van der Waals surface area contributed by atoms with Gasteiger partial charge >= 0.3 is 0 Å². The zero-order valence-electron chi connectivity index (χ0n) is 18.8. The Hall–Kier alpha value is -3.86. The van der Waals surface area contributed by atoms with Crippen molar-refractivity contribution < 1.29 is 9.59 Å². The van der Waals surface area contributed by atoms with Crippen molar-refractivity contribution in [2.45, 2.75) is 26.2 Å².